The molecule has 1 aromatic carbocycles. The summed E-state index contributed by atoms with van der Waals surface area (Å²) in [6, 6.07) is 6.97. The third-order valence-corrected chi connectivity index (χ3v) is 6.24. The number of nitrogens with zero attached hydrogens (tertiary/aromatic N) is 3. The second-order valence-electron chi connectivity index (χ2n) is 5.98. The van der Waals surface area contributed by atoms with Crippen LogP contribution >= 0.6 is 0 Å². The number of benzene rings is 1. The van der Waals surface area contributed by atoms with Gasteiger partial charge in [0.2, 0.25) is 5.91 Å². The van der Waals surface area contributed by atoms with Crippen LogP contribution in [0.25, 0.3) is 11.0 Å². The van der Waals surface area contributed by atoms with Gasteiger partial charge in [-0.2, -0.15) is 0 Å². The van der Waals surface area contributed by atoms with E-state index in [9.17, 15) is 18.0 Å². The summed E-state index contributed by atoms with van der Waals surface area (Å²) in [6.45, 7) is -0.0900. The summed E-state index contributed by atoms with van der Waals surface area (Å²) in [4.78, 5) is 26.3. The van der Waals surface area contributed by atoms with Crippen LogP contribution in [0.2, 0.25) is 0 Å². The van der Waals surface area contributed by atoms with E-state index in [0.29, 0.717) is 11.9 Å². The molecule has 23 heavy (non-hydrogen) atoms. The number of likely N-dealkylation sites (N-methyl/N-ethyl adjacent to an activating group) is 1. The number of para-hydroxylation sites is 2. The van der Waals surface area contributed by atoms with Crippen LogP contribution in [0.3, 0.4) is 0 Å². The predicted octanol–water partition coefficient (Wildman–Crippen LogP) is -0.0145. The highest BCUT2D eigenvalue weighted by atomic mass is 32.2. The SMILES string of the molecule is CN(C(=O)Cn1c(=O)n(C)c2ccccc21)[C@H]1CCS(=O)(=O)C1. The van der Waals surface area contributed by atoms with Crippen LogP contribution in [0.15, 0.2) is 29.1 Å². The van der Waals surface area contributed by atoms with Gasteiger partial charge in [-0.1, -0.05) is 12.1 Å². The summed E-state index contributed by atoms with van der Waals surface area (Å²) in [5.41, 5.74) is 1.20. The number of carbonyl (C=O) groups is 1. The van der Waals surface area contributed by atoms with Crippen molar-refractivity contribution in [1.29, 1.82) is 0 Å². The van der Waals surface area contributed by atoms with Gasteiger partial charge >= 0.3 is 5.69 Å². The summed E-state index contributed by atoms with van der Waals surface area (Å²) >= 11 is 0. The van der Waals surface area contributed by atoms with Crippen LogP contribution in [-0.4, -0.2) is 53.0 Å². The fourth-order valence-corrected chi connectivity index (χ4v) is 4.82. The maximum atomic E-state index is 12.5. The van der Waals surface area contributed by atoms with E-state index in [1.165, 1.54) is 14.0 Å². The number of carbonyl (C=O) groups excluding carboxylic acids is 1. The molecule has 0 unspecified atom stereocenters. The molecule has 1 atom stereocenters. The maximum Gasteiger partial charge on any atom is 0.329 e. The minimum atomic E-state index is -3.05. The molecule has 0 N–H and O–H groups in total. The number of rotatable bonds is 3. The zero-order valence-electron chi connectivity index (χ0n) is 13.1. The fourth-order valence-electron chi connectivity index (χ4n) is 3.05. The Kier molecular flexibility index (Phi) is 3.79. The van der Waals surface area contributed by atoms with E-state index in [2.05, 4.69) is 0 Å². The second-order valence-corrected chi connectivity index (χ2v) is 8.21. The molecule has 0 bridgehead atoms. The minimum absolute atomic E-state index is 0.000321. The number of hydrogen-bond acceptors (Lipinski definition) is 4. The van der Waals surface area contributed by atoms with Gasteiger partial charge in [-0.3, -0.25) is 13.9 Å². The van der Waals surface area contributed by atoms with Crippen LogP contribution in [0.4, 0.5) is 0 Å². The van der Waals surface area contributed by atoms with Gasteiger partial charge in [0.25, 0.3) is 0 Å². The molecule has 0 aliphatic carbocycles. The molecular weight excluding hydrogens is 318 g/mol. The van der Waals surface area contributed by atoms with Gasteiger partial charge in [0.05, 0.1) is 22.5 Å². The van der Waals surface area contributed by atoms with Crippen LogP contribution in [0, 0.1) is 0 Å². The van der Waals surface area contributed by atoms with Gasteiger partial charge in [-0.25, -0.2) is 13.2 Å². The molecule has 0 spiro atoms. The summed E-state index contributed by atoms with van der Waals surface area (Å²) in [7, 11) is 0.215. The van der Waals surface area contributed by atoms with Crippen molar-refractivity contribution in [3.05, 3.63) is 34.7 Å². The molecular formula is C15H19N3O4S. The van der Waals surface area contributed by atoms with Crippen molar-refractivity contribution in [3.63, 3.8) is 0 Å². The van der Waals surface area contributed by atoms with Crippen molar-refractivity contribution in [2.75, 3.05) is 18.6 Å². The largest absolute Gasteiger partial charge is 0.340 e. The Morgan fingerprint density at radius 3 is 2.57 bits per heavy atom. The van der Waals surface area contributed by atoms with Crippen molar-refractivity contribution < 1.29 is 13.2 Å². The first-order valence-corrected chi connectivity index (χ1v) is 9.22. The highest BCUT2D eigenvalue weighted by Crippen LogP contribution is 2.17. The molecule has 1 aromatic heterocycles. The summed E-state index contributed by atoms with van der Waals surface area (Å²) < 4.78 is 26.1. The summed E-state index contributed by atoms with van der Waals surface area (Å²) in [6.07, 6.45) is 0.453. The van der Waals surface area contributed by atoms with Crippen molar-refractivity contribution >= 4 is 26.8 Å². The number of hydrogen-bond donors (Lipinski definition) is 0. The Bertz CT molecular complexity index is 926. The number of aryl methyl sites for hydroxylation is 1. The quantitative estimate of drug-likeness (QED) is 0.789. The van der Waals surface area contributed by atoms with Crippen LogP contribution in [0.1, 0.15) is 6.42 Å². The Balaban J connectivity index is 1.86. The Hall–Kier alpha value is -2.09. The first kappa shape index (κ1) is 15.8. The van der Waals surface area contributed by atoms with Gasteiger partial charge in [-0.05, 0) is 18.6 Å². The van der Waals surface area contributed by atoms with Gasteiger partial charge in [0.15, 0.2) is 9.84 Å². The Morgan fingerprint density at radius 1 is 1.30 bits per heavy atom. The maximum absolute atomic E-state index is 12.5. The van der Waals surface area contributed by atoms with Crippen molar-refractivity contribution in [2.45, 2.75) is 19.0 Å². The van der Waals surface area contributed by atoms with E-state index in [1.54, 1.807) is 20.2 Å². The van der Waals surface area contributed by atoms with E-state index in [4.69, 9.17) is 0 Å². The highest BCUT2D eigenvalue weighted by molar-refractivity contribution is 7.91. The minimum Gasteiger partial charge on any atom is -0.340 e. The lowest BCUT2D eigenvalue weighted by Gasteiger charge is -2.23. The smallest absolute Gasteiger partial charge is 0.329 e. The van der Waals surface area contributed by atoms with Crippen LogP contribution in [-0.2, 0) is 28.2 Å². The lowest BCUT2D eigenvalue weighted by Crippen LogP contribution is -2.41. The first-order chi connectivity index (χ1) is 10.8. The number of aromatic nitrogens is 2. The second kappa shape index (κ2) is 5.52. The average Bonchev–Trinajstić information content (AvgIpc) is 3.00. The van der Waals surface area contributed by atoms with Crippen molar-refractivity contribution in [3.8, 4) is 0 Å². The Labute approximate surface area is 134 Å². The standard InChI is InChI=1S/C15H19N3O4S/c1-16(11-7-8-23(21,22)10-11)14(19)9-18-13-6-4-3-5-12(13)17(2)15(18)20/h3-6,11H,7-10H2,1-2H3/t11-/m0/s1. The lowest BCUT2D eigenvalue weighted by atomic mass is 10.2. The van der Waals surface area contributed by atoms with Crippen molar-refractivity contribution in [1.82, 2.24) is 14.0 Å². The number of fused-ring (bicyclic) bond motifs is 1. The molecule has 7 nitrogen and oxygen atoms in total. The van der Waals surface area contributed by atoms with Gasteiger partial charge in [0.1, 0.15) is 6.54 Å². The van der Waals surface area contributed by atoms with E-state index < -0.39 is 9.84 Å². The zero-order valence-corrected chi connectivity index (χ0v) is 13.9. The molecule has 0 radical (unpaired) electrons. The zero-order chi connectivity index (χ0) is 16.8. The Morgan fingerprint density at radius 2 is 1.96 bits per heavy atom. The third kappa shape index (κ3) is 2.78. The predicted molar refractivity (Wildman–Crippen MR) is 87.0 cm³/mol. The van der Waals surface area contributed by atoms with Crippen LogP contribution in [0.5, 0.6) is 0 Å². The molecule has 0 saturated carbocycles. The molecule has 8 heteroatoms. The molecule has 1 saturated heterocycles. The molecule has 1 amide bonds. The van der Waals surface area contributed by atoms with Crippen LogP contribution < -0.4 is 5.69 Å². The van der Waals surface area contributed by atoms with E-state index in [1.807, 2.05) is 18.2 Å². The first-order valence-electron chi connectivity index (χ1n) is 7.40. The normalized spacial score (nSPS) is 20.0. The highest BCUT2D eigenvalue weighted by Gasteiger charge is 2.33. The van der Waals surface area contributed by atoms with E-state index >= 15 is 0 Å². The fraction of sp³-hybridized carbons (Fsp3) is 0.467. The van der Waals surface area contributed by atoms with E-state index in [-0.39, 0.29) is 35.7 Å². The van der Waals surface area contributed by atoms with Gasteiger partial charge < -0.3 is 4.90 Å². The van der Waals surface area contributed by atoms with Gasteiger partial charge in [0, 0.05) is 20.1 Å². The summed E-state index contributed by atoms with van der Waals surface area (Å²) in [5, 5.41) is 0. The average molecular weight is 337 g/mol. The molecule has 3 rings (SSSR count). The topological polar surface area (TPSA) is 81.4 Å². The monoisotopic (exact) mass is 337 g/mol. The molecule has 1 aliphatic heterocycles. The summed E-state index contributed by atoms with van der Waals surface area (Å²) in [5.74, 6) is -0.144. The number of sulfone groups is 1. The number of imidazole rings is 1. The molecule has 2 aromatic rings. The lowest BCUT2D eigenvalue weighted by molar-refractivity contribution is -0.132. The van der Waals surface area contributed by atoms with E-state index in [0.717, 1.165) is 5.52 Å². The molecule has 124 valence electrons. The van der Waals surface area contributed by atoms with Gasteiger partial charge in [-0.15, -0.1) is 0 Å². The third-order valence-electron chi connectivity index (χ3n) is 4.49. The molecule has 1 aliphatic rings. The van der Waals surface area contributed by atoms with Crippen molar-refractivity contribution in [2.24, 2.45) is 7.05 Å². The molecule has 1 fully saturated rings. The molecule has 2 heterocycles. The number of amides is 1.